The molecule has 0 amide bonds. The molecule has 3 heteroatoms. The zero-order chi connectivity index (χ0) is 15.8. The topological polar surface area (TPSA) is 34.4 Å². The first-order valence-electron chi connectivity index (χ1n) is 7.59. The van der Waals surface area contributed by atoms with Gasteiger partial charge in [-0.2, -0.15) is 0 Å². The van der Waals surface area contributed by atoms with E-state index in [0.29, 0.717) is 0 Å². The molecule has 23 heavy (non-hydrogen) atoms. The number of rotatable bonds is 3. The first kappa shape index (κ1) is 14.0. The van der Waals surface area contributed by atoms with Gasteiger partial charge in [0.1, 0.15) is 0 Å². The highest BCUT2D eigenvalue weighted by Gasteiger charge is 2.17. The van der Waals surface area contributed by atoms with E-state index < -0.39 is 6.29 Å². The lowest BCUT2D eigenvalue weighted by molar-refractivity contribution is -0.0768. The number of methoxy groups -OCH3 is 1. The molecule has 1 N–H and O–H groups in total. The fourth-order valence-corrected chi connectivity index (χ4v) is 3.21. The fraction of sp³-hybridized carbons (Fsp3) is 0.100. The van der Waals surface area contributed by atoms with Crippen molar-refractivity contribution in [3.05, 3.63) is 78.4 Å². The molecule has 0 fully saturated rings. The summed E-state index contributed by atoms with van der Waals surface area (Å²) in [4.78, 5) is 0. The van der Waals surface area contributed by atoms with Crippen molar-refractivity contribution in [3.8, 4) is 5.69 Å². The molecule has 0 radical (unpaired) electrons. The van der Waals surface area contributed by atoms with Gasteiger partial charge in [0.05, 0.1) is 16.7 Å². The van der Waals surface area contributed by atoms with Crippen LogP contribution >= 0.6 is 0 Å². The number of ether oxygens (including phenoxy) is 1. The number of fused-ring (bicyclic) bond motifs is 3. The maximum atomic E-state index is 10.2. The summed E-state index contributed by atoms with van der Waals surface area (Å²) in [7, 11) is 1.51. The average molecular weight is 303 g/mol. The van der Waals surface area contributed by atoms with E-state index >= 15 is 0 Å². The van der Waals surface area contributed by atoms with Crippen LogP contribution in [0.4, 0.5) is 0 Å². The molecule has 4 rings (SSSR count). The number of aliphatic hydroxyl groups is 1. The Morgan fingerprint density at radius 3 is 1.91 bits per heavy atom. The maximum absolute atomic E-state index is 10.2. The summed E-state index contributed by atoms with van der Waals surface area (Å²) in [6.45, 7) is 0. The van der Waals surface area contributed by atoms with Crippen LogP contribution < -0.4 is 0 Å². The van der Waals surface area contributed by atoms with Crippen molar-refractivity contribution in [2.45, 2.75) is 6.29 Å². The summed E-state index contributed by atoms with van der Waals surface area (Å²) >= 11 is 0. The van der Waals surface area contributed by atoms with Gasteiger partial charge in [0.25, 0.3) is 0 Å². The van der Waals surface area contributed by atoms with E-state index in [1.54, 1.807) is 0 Å². The summed E-state index contributed by atoms with van der Waals surface area (Å²) in [5.41, 5.74) is 3.91. The minimum absolute atomic E-state index is 0.751. The third kappa shape index (κ3) is 2.13. The Balaban J connectivity index is 2.14. The molecule has 0 bridgehead atoms. The number of nitrogens with zero attached hydrogens (tertiary/aromatic N) is 1. The minimum Gasteiger partial charge on any atom is -0.364 e. The van der Waals surface area contributed by atoms with Gasteiger partial charge in [-0.1, -0.05) is 54.6 Å². The number of hydrogen-bond donors (Lipinski definition) is 1. The first-order chi connectivity index (χ1) is 11.3. The predicted octanol–water partition coefficient (Wildman–Crippen LogP) is 4.42. The molecule has 0 aliphatic carbocycles. The zero-order valence-corrected chi connectivity index (χ0v) is 12.8. The molecule has 3 aromatic carbocycles. The zero-order valence-electron chi connectivity index (χ0n) is 12.8. The number of aromatic nitrogens is 1. The van der Waals surface area contributed by atoms with Gasteiger partial charge in [0.15, 0.2) is 6.29 Å². The second-order valence-corrected chi connectivity index (χ2v) is 5.52. The second-order valence-electron chi connectivity index (χ2n) is 5.52. The van der Waals surface area contributed by atoms with E-state index in [2.05, 4.69) is 41.0 Å². The van der Waals surface area contributed by atoms with Crippen molar-refractivity contribution >= 4 is 21.8 Å². The van der Waals surface area contributed by atoms with Gasteiger partial charge in [0.2, 0.25) is 0 Å². The molecule has 0 spiro atoms. The lowest BCUT2D eigenvalue weighted by atomic mass is 10.1. The van der Waals surface area contributed by atoms with Gasteiger partial charge < -0.3 is 14.4 Å². The van der Waals surface area contributed by atoms with Crippen molar-refractivity contribution in [1.29, 1.82) is 0 Å². The molecule has 4 aromatic rings. The average Bonchev–Trinajstić information content (AvgIpc) is 2.95. The molecule has 0 aliphatic heterocycles. The highest BCUT2D eigenvalue weighted by atomic mass is 16.6. The summed E-state index contributed by atoms with van der Waals surface area (Å²) in [6.07, 6.45) is -0.953. The maximum Gasteiger partial charge on any atom is 0.182 e. The summed E-state index contributed by atoms with van der Waals surface area (Å²) in [5, 5.41) is 12.6. The van der Waals surface area contributed by atoms with Gasteiger partial charge in [-0.3, -0.25) is 0 Å². The first-order valence-corrected chi connectivity index (χ1v) is 7.59. The van der Waals surface area contributed by atoms with E-state index in [9.17, 15) is 5.11 Å². The third-order valence-electron chi connectivity index (χ3n) is 4.25. The monoisotopic (exact) mass is 303 g/mol. The van der Waals surface area contributed by atoms with Crippen LogP contribution in [-0.4, -0.2) is 16.8 Å². The van der Waals surface area contributed by atoms with Crippen LogP contribution in [0.2, 0.25) is 0 Å². The van der Waals surface area contributed by atoms with Crippen LogP contribution in [0.3, 0.4) is 0 Å². The highest BCUT2D eigenvalue weighted by molar-refractivity contribution is 6.09. The smallest absolute Gasteiger partial charge is 0.182 e. The Hall–Kier alpha value is -2.62. The number of benzene rings is 3. The Kier molecular flexibility index (Phi) is 3.37. The number of hydrogen-bond acceptors (Lipinski definition) is 2. The van der Waals surface area contributed by atoms with Crippen LogP contribution in [-0.2, 0) is 4.74 Å². The number of aliphatic hydroxyl groups excluding tert-OH is 1. The van der Waals surface area contributed by atoms with Crippen LogP contribution in [0.25, 0.3) is 27.5 Å². The Morgan fingerprint density at radius 2 is 1.30 bits per heavy atom. The van der Waals surface area contributed by atoms with Crippen molar-refractivity contribution in [1.82, 2.24) is 4.57 Å². The van der Waals surface area contributed by atoms with Crippen molar-refractivity contribution < 1.29 is 9.84 Å². The molecule has 0 saturated carbocycles. The highest BCUT2D eigenvalue weighted by Crippen LogP contribution is 2.34. The van der Waals surface area contributed by atoms with Crippen molar-refractivity contribution in [3.63, 3.8) is 0 Å². The van der Waals surface area contributed by atoms with E-state index in [4.69, 9.17) is 4.74 Å². The molecule has 1 heterocycles. The van der Waals surface area contributed by atoms with Crippen molar-refractivity contribution in [2.75, 3.05) is 7.11 Å². The van der Waals surface area contributed by atoms with Crippen LogP contribution in [0.5, 0.6) is 0 Å². The van der Waals surface area contributed by atoms with Crippen molar-refractivity contribution in [2.24, 2.45) is 0 Å². The van der Waals surface area contributed by atoms with Gasteiger partial charge in [0, 0.05) is 23.4 Å². The van der Waals surface area contributed by atoms with Gasteiger partial charge in [-0.15, -0.1) is 0 Å². The Labute approximate surface area is 134 Å². The van der Waals surface area contributed by atoms with Crippen LogP contribution in [0, 0.1) is 0 Å². The normalized spacial score (nSPS) is 12.8. The van der Waals surface area contributed by atoms with E-state index in [-0.39, 0.29) is 0 Å². The largest absolute Gasteiger partial charge is 0.364 e. The Bertz CT molecular complexity index is 934. The molecule has 114 valence electrons. The minimum atomic E-state index is -0.953. The third-order valence-corrected chi connectivity index (χ3v) is 4.25. The lowest BCUT2D eigenvalue weighted by Crippen LogP contribution is -2.06. The SMILES string of the molecule is COC(O)c1ccccc1-n1c2ccccc2c2ccccc21. The van der Waals surface area contributed by atoms with Crippen LogP contribution in [0.1, 0.15) is 11.9 Å². The fourth-order valence-electron chi connectivity index (χ4n) is 3.21. The molecule has 1 atom stereocenters. The van der Waals surface area contributed by atoms with E-state index in [1.165, 1.54) is 17.9 Å². The molecule has 1 unspecified atom stereocenters. The Morgan fingerprint density at radius 1 is 0.783 bits per heavy atom. The summed E-state index contributed by atoms with van der Waals surface area (Å²) < 4.78 is 7.32. The van der Waals surface area contributed by atoms with E-state index in [1.807, 2.05) is 36.4 Å². The predicted molar refractivity (Wildman–Crippen MR) is 92.7 cm³/mol. The number of para-hydroxylation sites is 3. The van der Waals surface area contributed by atoms with Gasteiger partial charge in [-0.05, 0) is 18.2 Å². The second kappa shape index (κ2) is 5.54. The molecular formula is C20H17NO2. The molecule has 0 aliphatic rings. The standard InChI is InChI=1S/C20H17NO2/c1-23-20(22)16-10-4-7-13-19(16)21-17-11-5-2-8-14(17)15-9-3-6-12-18(15)21/h2-13,20,22H,1H3. The molecular weight excluding hydrogens is 286 g/mol. The molecule has 3 nitrogen and oxygen atoms in total. The summed E-state index contributed by atoms with van der Waals surface area (Å²) in [5.74, 6) is 0. The van der Waals surface area contributed by atoms with Crippen LogP contribution in [0.15, 0.2) is 72.8 Å². The summed E-state index contributed by atoms with van der Waals surface area (Å²) in [6, 6.07) is 24.4. The molecule has 1 aromatic heterocycles. The van der Waals surface area contributed by atoms with E-state index in [0.717, 1.165) is 22.3 Å². The quantitative estimate of drug-likeness (QED) is 0.568. The lowest BCUT2D eigenvalue weighted by Gasteiger charge is -2.16. The van der Waals surface area contributed by atoms with Gasteiger partial charge >= 0.3 is 0 Å². The van der Waals surface area contributed by atoms with Gasteiger partial charge in [-0.25, -0.2) is 0 Å². The molecule has 0 saturated heterocycles.